The zero-order valence-corrected chi connectivity index (χ0v) is 18.6. The average Bonchev–Trinajstić information content (AvgIpc) is 3.26. The maximum atomic E-state index is 14.7. The number of pyridine rings is 2. The van der Waals surface area contributed by atoms with E-state index in [-0.39, 0.29) is 28.7 Å². The predicted molar refractivity (Wildman–Crippen MR) is 120 cm³/mol. The molecule has 1 amide bonds. The van der Waals surface area contributed by atoms with Crippen LogP contribution in [0.2, 0.25) is 0 Å². The Morgan fingerprint density at radius 3 is 2.58 bits per heavy atom. The van der Waals surface area contributed by atoms with Crippen LogP contribution in [0.25, 0.3) is 5.52 Å². The Hall–Kier alpha value is -4.46. The van der Waals surface area contributed by atoms with E-state index in [1.807, 2.05) is 0 Å². The van der Waals surface area contributed by atoms with Crippen molar-refractivity contribution in [1.82, 2.24) is 14.2 Å². The molecule has 1 atom stereocenters. The third-order valence-electron chi connectivity index (χ3n) is 5.64. The molecule has 4 aromatic rings. The van der Waals surface area contributed by atoms with Crippen LogP contribution in [0.4, 0.5) is 22.0 Å². The van der Waals surface area contributed by atoms with Crippen molar-refractivity contribution < 1.29 is 26.7 Å². The molecule has 0 fully saturated rings. The normalized spacial score (nSPS) is 12.3. The van der Waals surface area contributed by atoms with Gasteiger partial charge in [-0.05, 0) is 35.9 Å². The Labute approximate surface area is 200 Å². The quantitative estimate of drug-likeness (QED) is 0.340. The number of primary amides is 1. The summed E-state index contributed by atoms with van der Waals surface area (Å²) in [5, 5.41) is 3.67. The second-order valence-electron chi connectivity index (χ2n) is 7.92. The molecule has 0 radical (unpaired) electrons. The minimum Gasteiger partial charge on any atom is -0.366 e. The Balaban J connectivity index is 1.90. The summed E-state index contributed by atoms with van der Waals surface area (Å²) < 4.78 is 71.6. The number of aromatic nitrogens is 3. The molecule has 1 aromatic carbocycles. The Bertz CT molecular complexity index is 1610. The predicted octanol–water partition coefficient (Wildman–Crippen LogP) is 4.00. The summed E-state index contributed by atoms with van der Waals surface area (Å²) in [7, 11) is 1.48. The summed E-state index contributed by atoms with van der Waals surface area (Å²) in [6.07, 6.45) is -1.85. The number of amides is 1. The van der Waals surface area contributed by atoms with E-state index in [1.165, 1.54) is 29.9 Å². The van der Waals surface area contributed by atoms with Crippen LogP contribution in [-0.4, -0.2) is 20.1 Å². The topological polar surface area (TPSA) is 82.4 Å². The Kier molecular flexibility index (Phi) is 6.37. The van der Waals surface area contributed by atoms with Gasteiger partial charge < -0.3 is 10.3 Å². The maximum absolute atomic E-state index is 14.7. The highest BCUT2D eigenvalue weighted by atomic mass is 19.4. The first-order valence-corrected chi connectivity index (χ1v) is 10.5. The van der Waals surface area contributed by atoms with E-state index in [0.29, 0.717) is 6.20 Å². The van der Waals surface area contributed by atoms with Gasteiger partial charge in [0.25, 0.3) is 5.56 Å². The third-order valence-corrected chi connectivity index (χ3v) is 5.64. The molecule has 0 saturated heterocycles. The summed E-state index contributed by atoms with van der Waals surface area (Å²) in [6.45, 7) is 0. The lowest BCUT2D eigenvalue weighted by atomic mass is 9.88. The largest absolute Gasteiger partial charge is 0.420 e. The molecule has 3 aromatic heterocycles. The van der Waals surface area contributed by atoms with Crippen LogP contribution in [-0.2, 0) is 13.2 Å². The number of rotatable bonds is 4. The summed E-state index contributed by atoms with van der Waals surface area (Å²) in [5.74, 6) is 1.58. The molecule has 0 aliphatic carbocycles. The molecule has 0 spiro atoms. The van der Waals surface area contributed by atoms with Gasteiger partial charge in [-0.3, -0.25) is 9.59 Å². The number of hydrogen-bond donors (Lipinski definition) is 1. The minimum absolute atomic E-state index is 0.104. The van der Waals surface area contributed by atoms with E-state index in [0.717, 1.165) is 28.9 Å². The number of carbonyl (C=O) groups excluding carboxylic acids is 1. The molecule has 2 N–H and O–H groups in total. The van der Waals surface area contributed by atoms with Gasteiger partial charge in [0.15, 0.2) is 0 Å². The SMILES string of the molecule is Cn1cccc(C(CC#Cc2c(C(N)=O)ccn3ncc(C(F)(F)F)c23)c2cc(F)ccc2F)c1=O. The fourth-order valence-corrected chi connectivity index (χ4v) is 3.91. The zero-order valence-electron chi connectivity index (χ0n) is 18.6. The van der Waals surface area contributed by atoms with Crippen LogP contribution in [0.1, 0.15) is 45.0 Å². The molecule has 6 nitrogen and oxygen atoms in total. The molecule has 11 heteroatoms. The van der Waals surface area contributed by atoms with Crippen molar-refractivity contribution in [2.24, 2.45) is 12.8 Å². The van der Waals surface area contributed by atoms with E-state index in [1.54, 1.807) is 6.07 Å². The van der Waals surface area contributed by atoms with Gasteiger partial charge in [-0.2, -0.15) is 18.3 Å². The van der Waals surface area contributed by atoms with E-state index >= 15 is 0 Å². The van der Waals surface area contributed by atoms with E-state index in [9.17, 15) is 31.5 Å². The highest BCUT2D eigenvalue weighted by molar-refractivity contribution is 5.98. The van der Waals surface area contributed by atoms with Crippen molar-refractivity contribution in [2.45, 2.75) is 18.5 Å². The van der Waals surface area contributed by atoms with Gasteiger partial charge in [0.2, 0.25) is 5.91 Å². The Morgan fingerprint density at radius 2 is 1.89 bits per heavy atom. The highest BCUT2D eigenvalue weighted by Crippen LogP contribution is 2.34. The van der Waals surface area contributed by atoms with Crippen LogP contribution in [0.3, 0.4) is 0 Å². The number of nitrogens with zero attached hydrogens (tertiary/aromatic N) is 3. The molecule has 0 bridgehead atoms. The molecule has 36 heavy (non-hydrogen) atoms. The van der Waals surface area contributed by atoms with E-state index in [2.05, 4.69) is 16.9 Å². The maximum Gasteiger partial charge on any atom is 0.420 e. The number of aryl methyl sites for hydroxylation is 1. The lowest BCUT2D eigenvalue weighted by Crippen LogP contribution is -2.23. The van der Waals surface area contributed by atoms with Gasteiger partial charge in [-0.15, -0.1) is 0 Å². The fourth-order valence-electron chi connectivity index (χ4n) is 3.91. The molecule has 3 heterocycles. The second kappa shape index (κ2) is 9.30. The van der Waals surface area contributed by atoms with Gasteiger partial charge in [0, 0.05) is 37.3 Å². The second-order valence-corrected chi connectivity index (χ2v) is 7.92. The number of halogens is 5. The number of nitrogens with two attached hydrogens (primary N) is 1. The van der Waals surface area contributed by atoms with Crippen molar-refractivity contribution in [3.05, 3.63) is 105 Å². The lowest BCUT2D eigenvalue weighted by Gasteiger charge is -2.16. The molecule has 4 rings (SSSR count). The number of carbonyl (C=O) groups is 1. The standard InChI is InChI=1S/C25H17F5N4O2/c1-33-10-3-6-18(24(33)36)15(19-12-14(26)7-8-21(19)27)4-2-5-16-17(23(31)35)9-11-34-22(16)20(13-32-34)25(28,29)30/h3,6-13,15H,4H2,1H3,(H2,31,35). The summed E-state index contributed by atoms with van der Waals surface area (Å²) in [6, 6.07) is 6.93. The van der Waals surface area contributed by atoms with Crippen molar-refractivity contribution >= 4 is 11.4 Å². The minimum atomic E-state index is -4.79. The number of alkyl halides is 3. The molecular formula is C25H17F5N4O2. The van der Waals surface area contributed by atoms with Gasteiger partial charge in [0.05, 0.1) is 22.8 Å². The average molecular weight is 500 g/mol. The lowest BCUT2D eigenvalue weighted by molar-refractivity contribution is -0.136. The highest BCUT2D eigenvalue weighted by Gasteiger charge is 2.36. The van der Waals surface area contributed by atoms with Gasteiger partial charge in [0.1, 0.15) is 17.2 Å². The zero-order chi connectivity index (χ0) is 26.2. The van der Waals surface area contributed by atoms with Crippen molar-refractivity contribution in [2.75, 3.05) is 0 Å². The molecule has 1 unspecified atom stereocenters. The summed E-state index contributed by atoms with van der Waals surface area (Å²) in [4.78, 5) is 24.7. The first-order valence-electron chi connectivity index (χ1n) is 10.5. The van der Waals surface area contributed by atoms with Gasteiger partial charge in [-0.25, -0.2) is 13.3 Å². The monoisotopic (exact) mass is 500 g/mol. The fraction of sp³-hybridized carbons (Fsp3) is 0.160. The first kappa shape index (κ1) is 24.7. The van der Waals surface area contributed by atoms with Crippen LogP contribution >= 0.6 is 0 Å². The number of hydrogen-bond acceptors (Lipinski definition) is 3. The third kappa shape index (κ3) is 4.57. The van der Waals surface area contributed by atoms with Crippen LogP contribution in [0.15, 0.2) is 59.8 Å². The van der Waals surface area contributed by atoms with Crippen LogP contribution < -0.4 is 11.3 Å². The molecule has 0 aliphatic heterocycles. The van der Waals surface area contributed by atoms with Crippen LogP contribution in [0.5, 0.6) is 0 Å². The van der Waals surface area contributed by atoms with Crippen molar-refractivity contribution in [3.8, 4) is 11.8 Å². The molecular weight excluding hydrogens is 483 g/mol. The first-order chi connectivity index (χ1) is 17.0. The summed E-state index contributed by atoms with van der Waals surface area (Å²) >= 11 is 0. The number of fused-ring (bicyclic) bond motifs is 1. The Morgan fingerprint density at radius 1 is 1.14 bits per heavy atom. The van der Waals surface area contributed by atoms with E-state index in [4.69, 9.17) is 5.73 Å². The number of benzene rings is 1. The summed E-state index contributed by atoms with van der Waals surface area (Å²) in [5.41, 5.74) is 2.64. The van der Waals surface area contributed by atoms with E-state index < -0.39 is 46.3 Å². The van der Waals surface area contributed by atoms with Gasteiger partial charge >= 0.3 is 6.18 Å². The van der Waals surface area contributed by atoms with Gasteiger partial charge in [-0.1, -0.05) is 17.9 Å². The van der Waals surface area contributed by atoms with Crippen molar-refractivity contribution in [1.29, 1.82) is 0 Å². The van der Waals surface area contributed by atoms with Crippen molar-refractivity contribution in [3.63, 3.8) is 0 Å². The molecule has 184 valence electrons. The molecule has 0 aliphatic rings. The van der Waals surface area contributed by atoms with Crippen LogP contribution in [0, 0.1) is 23.5 Å². The smallest absolute Gasteiger partial charge is 0.366 e. The molecule has 0 saturated carbocycles.